The van der Waals surface area contributed by atoms with Gasteiger partial charge in [-0.05, 0) is 50.0 Å². The van der Waals surface area contributed by atoms with Crippen LogP contribution in [0.4, 0.5) is 0 Å². The fourth-order valence-corrected chi connectivity index (χ4v) is 3.92. The second kappa shape index (κ2) is 5.45. The number of hydrogen-bond donors (Lipinski definition) is 2. The van der Waals surface area contributed by atoms with Crippen molar-refractivity contribution in [1.82, 2.24) is 9.03 Å². The molecule has 1 aliphatic carbocycles. The highest BCUT2D eigenvalue weighted by molar-refractivity contribution is 7.87. The Bertz CT molecular complexity index is 371. The monoisotopic (exact) mass is 275 g/mol. The summed E-state index contributed by atoms with van der Waals surface area (Å²) in [6.07, 6.45) is 5.06. The lowest BCUT2D eigenvalue weighted by Gasteiger charge is -2.30. The Morgan fingerprint density at radius 1 is 1.33 bits per heavy atom. The largest absolute Gasteiger partial charge is 0.330 e. The van der Waals surface area contributed by atoms with Crippen molar-refractivity contribution in [2.24, 2.45) is 17.1 Å². The molecule has 1 saturated carbocycles. The molecule has 0 spiro atoms. The third-order valence-electron chi connectivity index (χ3n) is 4.34. The minimum absolute atomic E-state index is 0.158. The van der Waals surface area contributed by atoms with Crippen LogP contribution in [0.25, 0.3) is 0 Å². The second-order valence-electron chi connectivity index (χ2n) is 5.95. The Balaban J connectivity index is 1.84. The van der Waals surface area contributed by atoms with Gasteiger partial charge in [0, 0.05) is 19.6 Å². The van der Waals surface area contributed by atoms with Gasteiger partial charge in [-0.2, -0.15) is 12.7 Å². The van der Waals surface area contributed by atoms with Gasteiger partial charge in [0.15, 0.2) is 0 Å². The minimum atomic E-state index is -3.28. The van der Waals surface area contributed by atoms with Gasteiger partial charge in [0.05, 0.1) is 0 Å². The number of nitrogens with two attached hydrogens (primary N) is 1. The summed E-state index contributed by atoms with van der Waals surface area (Å²) >= 11 is 0. The van der Waals surface area contributed by atoms with Gasteiger partial charge >= 0.3 is 0 Å². The average molecular weight is 275 g/mol. The van der Waals surface area contributed by atoms with E-state index in [1.165, 1.54) is 0 Å². The van der Waals surface area contributed by atoms with Gasteiger partial charge in [0.1, 0.15) is 0 Å². The van der Waals surface area contributed by atoms with E-state index >= 15 is 0 Å². The second-order valence-corrected chi connectivity index (χ2v) is 7.70. The van der Waals surface area contributed by atoms with Gasteiger partial charge in [-0.15, -0.1) is 0 Å². The number of rotatable bonds is 6. The molecule has 2 fully saturated rings. The molecule has 1 saturated heterocycles. The molecule has 0 aromatic carbocycles. The lowest BCUT2D eigenvalue weighted by atomic mass is 10.0. The summed E-state index contributed by atoms with van der Waals surface area (Å²) in [7, 11) is -3.28. The zero-order chi connectivity index (χ0) is 13.2. The molecule has 0 unspecified atom stereocenters. The van der Waals surface area contributed by atoms with Crippen LogP contribution in [0, 0.1) is 11.3 Å². The van der Waals surface area contributed by atoms with Crippen molar-refractivity contribution in [3.05, 3.63) is 0 Å². The predicted octanol–water partition coefficient (Wildman–Crippen LogP) is 0.682. The molecule has 0 radical (unpaired) electrons. The summed E-state index contributed by atoms with van der Waals surface area (Å²) in [4.78, 5) is 0. The standard InChI is InChI=1S/C12H25N3O2S/c1-11-2-8-15(9-3-11)18(16,17)14-10-12(4-5-12)6-7-13/h11,14H,2-10,13H2,1H3. The van der Waals surface area contributed by atoms with Crippen LogP contribution in [0.2, 0.25) is 0 Å². The van der Waals surface area contributed by atoms with Crippen LogP contribution in [0.3, 0.4) is 0 Å². The molecule has 0 bridgehead atoms. The molecular weight excluding hydrogens is 250 g/mol. The van der Waals surface area contributed by atoms with Crippen LogP contribution < -0.4 is 10.5 Å². The maximum Gasteiger partial charge on any atom is 0.279 e. The first kappa shape index (κ1) is 14.2. The molecule has 1 heterocycles. The van der Waals surface area contributed by atoms with Crippen molar-refractivity contribution in [2.45, 2.75) is 39.0 Å². The van der Waals surface area contributed by atoms with E-state index in [0.717, 1.165) is 32.1 Å². The molecule has 106 valence electrons. The zero-order valence-electron chi connectivity index (χ0n) is 11.2. The van der Waals surface area contributed by atoms with Crippen LogP contribution in [0.1, 0.15) is 39.0 Å². The van der Waals surface area contributed by atoms with E-state index in [2.05, 4.69) is 11.6 Å². The summed E-state index contributed by atoms with van der Waals surface area (Å²) in [6.45, 7) is 4.68. The molecule has 6 heteroatoms. The van der Waals surface area contributed by atoms with Gasteiger partial charge in [0.2, 0.25) is 0 Å². The summed E-state index contributed by atoms with van der Waals surface area (Å²) in [5, 5.41) is 0. The number of hydrogen-bond acceptors (Lipinski definition) is 3. The number of nitrogens with one attached hydrogen (secondary N) is 1. The van der Waals surface area contributed by atoms with E-state index in [0.29, 0.717) is 32.1 Å². The summed E-state index contributed by atoms with van der Waals surface area (Å²) in [6, 6.07) is 0. The smallest absolute Gasteiger partial charge is 0.279 e. The Kier molecular flexibility index (Phi) is 4.31. The Labute approximate surface area is 110 Å². The third-order valence-corrected chi connectivity index (χ3v) is 5.90. The molecule has 0 aromatic heterocycles. The lowest BCUT2D eigenvalue weighted by molar-refractivity contribution is 0.283. The molecule has 3 N–H and O–H groups in total. The topological polar surface area (TPSA) is 75.4 Å². The average Bonchev–Trinajstić information content (AvgIpc) is 3.08. The zero-order valence-corrected chi connectivity index (χ0v) is 12.0. The molecule has 0 amide bonds. The van der Waals surface area contributed by atoms with Crippen LogP contribution in [-0.2, 0) is 10.2 Å². The van der Waals surface area contributed by atoms with E-state index in [9.17, 15) is 8.42 Å². The predicted molar refractivity (Wildman–Crippen MR) is 72.2 cm³/mol. The van der Waals surface area contributed by atoms with Crippen molar-refractivity contribution >= 4 is 10.2 Å². The molecule has 1 aliphatic heterocycles. The van der Waals surface area contributed by atoms with Gasteiger partial charge in [-0.1, -0.05) is 6.92 Å². The van der Waals surface area contributed by atoms with E-state index in [1.807, 2.05) is 0 Å². The van der Waals surface area contributed by atoms with E-state index in [-0.39, 0.29) is 5.41 Å². The number of nitrogens with zero attached hydrogens (tertiary/aromatic N) is 1. The Morgan fingerprint density at radius 2 is 1.94 bits per heavy atom. The number of piperidine rings is 1. The van der Waals surface area contributed by atoms with Crippen LogP contribution in [0.15, 0.2) is 0 Å². The van der Waals surface area contributed by atoms with Crippen molar-refractivity contribution in [3.8, 4) is 0 Å². The van der Waals surface area contributed by atoms with Crippen molar-refractivity contribution in [3.63, 3.8) is 0 Å². The fourth-order valence-electron chi connectivity index (χ4n) is 2.56. The highest BCUT2D eigenvalue weighted by Crippen LogP contribution is 2.47. The maximum absolute atomic E-state index is 12.2. The van der Waals surface area contributed by atoms with Gasteiger partial charge in [0.25, 0.3) is 10.2 Å². The lowest BCUT2D eigenvalue weighted by Crippen LogP contribution is -2.46. The minimum Gasteiger partial charge on any atom is -0.330 e. The van der Waals surface area contributed by atoms with E-state index in [1.54, 1.807) is 4.31 Å². The van der Waals surface area contributed by atoms with E-state index < -0.39 is 10.2 Å². The SMILES string of the molecule is CC1CCN(S(=O)(=O)NCC2(CCN)CC2)CC1. The Hall–Kier alpha value is -0.170. The van der Waals surface area contributed by atoms with E-state index in [4.69, 9.17) is 5.73 Å². The third kappa shape index (κ3) is 3.44. The van der Waals surface area contributed by atoms with Crippen molar-refractivity contribution in [1.29, 1.82) is 0 Å². The molecular formula is C12H25N3O2S. The molecule has 2 rings (SSSR count). The van der Waals surface area contributed by atoms with Crippen molar-refractivity contribution in [2.75, 3.05) is 26.2 Å². The maximum atomic E-state index is 12.2. The quantitative estimate of drug-likeness (QED) is 0.748. The van der Waals surface area contributed by atoms with Gasteiger partial charge in [-0.3, -0.25) is 0 Å². The molecule has 2 aliphatic rings. The van der Waals surface area contributed by atoms with Crippen LogP contribution in [0.5, 0.6) is 0 Å². The molecule has 5 nitrogen and oxygen atoms in total. The summed E-state index contributed by atoms with van der Waals surface area (Å²) < 4.78 is 28.7. The summed E-state index contributed by atoms with van der Waals surface area (Å²) in [5.74, 6) is 0.642. The highest BCUT2D eigenvalue weighted by Gasteiger charge is 2.42. The first-order valence-electron chi connectivity index (χ1n) is 6.92. The van der Waals surface area contributed by atoms with Gasteiger partial charge in [-0.25, -0.2) is 4.72 Å². The normalized spacial score (nSPS) is 25.2. The fraction of sp³-hybridized carbons (Fsp3) is 1.00. The Morgan fingerprint density at radius 3 is 2.44 bits per heavy atom. The first-order chi connectivity index (χ1) is 8.47. The first-order valence-corrected chi connectivity index (χ1v) is 8.36. The van der Waals surface area contributed by atoms with Crippen LogP contribution in [-0.4, -0.2) is 38.9 Å². The molecule has 0 aromatic rings. The summed E-state index contributed by atoms with van der Waals surface area (Å²) in [5.41, 5.74) is 5.72. The van der Waals surface area contributed by atoms with Crippen LogP contribution >= 0.6 is 0 Å². The van der Waals surface area contributed by atoms with Gasteiger partial charge < -0.3 is 5.73 Å². The van der Waals surface area contributed by atoms with Crippen molar-refractivity contribution < 1.29 is 8.42 Å². The highest BCUT2D eigenvalue weighted by atomic mass is 32.2. The molecule has 0 atom stereocenters. The molecule has 18 heavy (non-hydrogen) atoms.